The van der Waals surface area contributed by atoms with Gasteiger partial charge in [-0.25, -0.2) is 0 Å². The Kier molecular flexibility index (Phi) is 8.40. The summed E-state index contributed by atoms with van der Waals surface area (Å²) in [4.78, 5) is 24.7. The number of Topliss-reactive ketones (excluding diaryl/α,β-unsaturated/α-hetero) is 1. The minimum Gasteiger partial charge on any atom is -0.497 e. The average molecular weight is 405 g/mol. The van der Waals surface area contributed by atoms with Crippen molar-refractivity contribution in [3.05, 3.63) is 53.6 Å². The van der Waals surface area contributed by atoms with Crippen LogP contribution in [0.1, 0.15) is 36.3 Å². The fourth-order valence-electron chi connectivity index (χ4n) is 2.94. The maximum atomic E-state index is 12.5. The fourth-order valence-corrected chi connectivity index (χ4v) is 2.94. The van der Waals surface area contributed by atoms with Crippen LogP contribution in [0.5, 0.6) is 11.5 Å². The van der Waals surface area contributed by atoms with Gasteiger partial charge < -0.3 is 14.8 Å². The Hall–Kier alpha value is -3.84. The van der Waals surface area contributed by atoms with E-state index in [1.165, 1.54) is 14.2 Å². The predicted molar refractivity (Wildman–Crippen MR) is 111 cm³/mol. The van der Waals surface area contributed by atoms with Crippen LogP contribution in [-0.4, -0.2) is 25.9 Å². The number of hydrogen-bond acceptors (Lipinski definition) is 6. The number of ether oxygens (including phenoxy) is 2. The number of carbonyl (C=O) groups is 2. The Balaban J connectivity index is 1.90. The SMILES string of the molecule is COc1ccc(OC)c(NC(=O)CCCC(=O)C(C#N)c2ccc(CC#N)cc2)c1. The van der Waals surface area contributed by atoms with Gasteiger partial charge in [0.25, 0.3) is 0 Å². The normalized spacial score (nSPS) is 10.9. The smallest absolute Gasteiger partial charge is 0.224 e. The van der Waals surface area contributed by atoms with Crippen molar-refractivity contribution >= 4 is 17.4 Å². The lowest BCUT2D eigenvalue weighted by atomic mass is 9.92. The molecule has 0 spiro atoms. The molecule has 0 saturated carbocycles. The van der Waals surface area contributed by atoms with Gasteiger partial charge in [-0.05, 0) is 29.7 Å². The van der Waals surface area contributed by atoms with Crippen LogP contribution in [0.15, 0.2) is 42.5 Å². The van der Waals surface area contributed by atoms with E-state index in [4.69, 9.17) is 14.7 Å². The molecule has 2 aromatic carbocycles. The molecule has 0 bridgehead atoms. The number of rotatable bonds is 10. The number of ketones is 1. The van der Waals surface area contributed by atoms with Crippen LogP contribution in [0, 0.1) is 22.7 Å². The monoisotopic (exact) mass is 405 g/mol. The van der Waals surface area contributed by atoms with Gasteiger partial charge in [0.2, 0.25) is 5.91 Å². The summed E-state index contributed by atoms with van der Waals surface area (Å²) in [5.41, 5.74) is 1.91. The topological polar surface area (TPSA) is 112 Å². The maximum Gasteiger partial charge on any atom is 0.224 e. The van der Waals surface area contributed by atoms with E-state index in [0.717, 1.165) is 5.56 Å². The zero-order valence-electron chi connectivity index (χ0n) is 17.0. The molecule has 2 rings (SSSR count). The summed E-state index contributed by atoms with van der Waals surface area (Å²) in [7, 11) is 3.03. The summed E-state index contributed by atoms with van der Waals surface area (Å²) >= 11 is 0. The van der Waals surface area contributed by atoms with Crippen molar-refractivity contribution in [2.45, 2.75) is 31.6 Å². The number of anilines is 1. The van der Waals surface area contributed by atoms with E-state index in [2.05, 4.69) is 11.4 Å². The molecule has 154 valence electrons. The molecule has 0 heterocycles. The second-order valence-electron chi connectivity index (χ2n) is 6.57. The molecule has 1 atom stereocenters. The lowest BCUT2D eigenvalue weighted by Crippen LogP contribution is -2.15. The van der Waals surface area contributed by atoms with E-state index in [9.17, 15) is 14.9 Å². The molecule has 0 aliphatic carbocycles. The van der Waals surface area contributed by atoms with Gasteiger partial charge >= 0.3 is 0 Å². The zero-order valence-corrected chi connectivity index (χ0v) is 17.0. The first-order valence-electron chi connectivity index (χ1n) is 9.42. The van der Waals surface area contributed by atoms with Gasteiger partial charge in [-0.1, -0.05) is 24.3 Å². The van der Waals surface area contributed by atoms with Crippen LogP contribution in [0.2, 0.25) is 0 Å². The van der Waals surface area contributed by atoms with Crippen molar-refractivity contribution in [2.24, 2.45) is 0 Å². The van der Waals surface area contributed by atoms with E-state index < -0.39 is 5.92 Å². The molecule has 7 nitrogen and oxygen atoms in total. The predicted octanol–water partition coefficient (Wildman–Crippen LogP) is 3.76. The van der Waals surface area contributed by atoms with Gasteiger partial charge in [-0.3, -0.25) is 9.59 Å². The van der Waals surface area contributed by atoms with E-state index in [1.807, 2.05) is 6.07 Å². The van der Waals surface area contributed by atoms with Crippen molar-refractivity contribution in [2.75, 3.05) is 19.5 Å². The number of nitriles is 2. The Morgan fingerprint density at radius 1 is 1.03 bits per heavy atom. The summed E-state index contributed by atoms with van der Waals surface area (Å²) < 4.78 is 10.4. The van der Waals surface area contributed by atoms with Gasteiger partial charge in [0, 0.05) is 18.9 Å². The van der Waals surface area contributed by atoms with Crippen LogP contribution >= 0.6 is 0 Å². The number of benzene rings is 2. The Bertz CT molecular complexity index is 971. The molecule has 0 aliphatic rings. The molecular weight excluding hydrogens is 382 g/mol. The highest BCUT2D eigenvalue weighted by Gasteiger charge is 2.20. The Morgan fingerprint density at radius 2 is 1.77 bits per heavy atom. The summed E-state index contributed by atoms with van der Waals surface area (Å²) in [5, 5.41) is 20.9. The lowest BCUT2D eigenvalue weighted by Gasteiger charge is -2.12. The summed E-state index contributed by atoms with van der Waals surface area (Å²) in [6, 6.07) is 16.0. The summed E-state index contributed by atoms with van der Waals surface area (Å²) in [6.07, 6.45) is 0.840. The van der Waals surface area contributed by atoms with Gasteiger partial charge in [0.05, 0.1) is 38.5 Å². The average Bonchev–Trinajstić information content (AvgIpc) is 2.75. The van der Waals surface area contributed by atoms with Crippen LogP contribution < -0.4 is 14.8 Å². The highest BCUT2D eigenvalue weighted by molar-refractivity contribution is 5.93. The summed E-state index contributed by atoms with van der Waals surface area (Å²) in [5.74, 6) is -0.299. The molecule has 30 heavy (non-hydrogen) atoms. The number of methoxy groups -OCH3 is 2. The molecule has 0 saturated heterocycles. The zero-order chi connectivity index (χ0) is 21.9. The number of nitrogens with one attached hydrogen (secondary N) is 1. The largest absolute Gasteiger partial charge is 0.497 e. The molecule has 0 aromatic heterocycles. The molecule has 0 radical (unpaired) electrons. The third-order valence-electron chi connectivity index (χ3n) is 4.56. The number of hydrogen-bond donors (Lipinski definition) is 1. The highest BCUT2D eigenvalue weighted by Crippen LogP contribution is 2.29. The minimum atomic E-state index is -0.886. The first kappa shape index (κ1) is 22.4. The van der Waals surface area contributed by atoms with Crippen molar-refractivity contribution in [1.82, 2.24) is 0 Å². The second-order valence-corrected chi connectivity index (χ2v) is 6.57. The fraction of sp³-hybridized carbons (Fsp3) is 0.304. The third kappa shape index (κ3) is 6.08. The molecule has 1 N–H and O–H groups in total. The third-order valence-corrected chi connectivity index (χ3v) is 4.56. The van der Waals surface area contributed by atoms with Crippen molar-refractivity contribution in [3.63, 3.8) is 0 Å². The Labute approximate surface area is 175 Å². The van der Waals surface area contributed by atoms with Gasteiger partial charge in [0.15, 0.2) is 5.78 Å². The molecule has 2 aromatic rings. The number of amides is 1. The van der Waals surface area contributed by atoms with Crippen LogP contribution in [0.3, 0.4) is 0 Å². The Morgan fingerprint density at radius 3 is 2.37 bits per heavy atom. The van der Waals surface area contributed by atoms with E-state index in [0.29, 0.717) is 29.2 Å². The standard InChI is InChI=1S/C23H23N3O4/c1-29-18-10-11-22(30-2)20(14-18)26-23(28)5-3-4-21(27)19(15-25)17-8-6-16(7-9-17)12-13-24/h6-11,14,19H,3-5,12H2,1-2H3,(H,26,28). The second kappa shape index (κ2) is 11.2. The highest BCUT2D eigenvalue weighted by atomic mass is 16.5. The first-order valence-corrected chi connectivity index (χ1v) is 9.42. The number of carbonyl (C=O) groups excluding carboxylic acids is 2. The quantitative estimate of drug-likeness (QED) is 0.644. The molecule has 7 heteroatoms. The van der Waals surface area contributed by atoms with Crippen LogP contribution in [-0.2, 0) is 16.0 Å². The molecule has 0 fully saturated rings. The molecule has 0 aliphatic heterocycles. The van der Waals surface area contributed by atoms with Gasteiger partial charge in [-0.15, -0.1) is 0 Å². The van der Waals surface area contributed by atoms with Crippen molar-refractivity contribution in [3.8, 4) is 23.6 Å². The van der Waals surface area contributed by atoms with Crippen LogP contribution in [0.25, 0.3) is 0 Å². The van der Waals surface area contributed by atoms with Gasteiger partial charge in [0.1, 0.15) is 17.4 Å². The van der Waals surface area contributed by atoms with E-state index in [-0.39, 0.29) is 31.0 Å². The van der Waals surface area contributed by atoms with Gasteiger partial charge in [-0.2, -0.15) is 10.5 Å². The van der Waals surface area contributed by atoms with E-state index in [1.54, 1.807) is 42.5 Å². The lowest BCUT2D eigenvalue weighted by molar-refractivity contribution is -0.119. The maximum absolute atomic E-state index is 12.5. The summed E-state index contributed by atoms with van der Waals surface area (Å²) in [6.45, 7) is 0. The minimum absolute atomic E-state index is 0.112. The molecule has 1 unspecified atom stereocenters. The van der Waals surface area contributed by atoms with Crippen molar-refractivity contribution in [1.29, 1.82) is 10.5 Å². The first-order chi connectivity index (χ1) is 14.5. The number of nitrogens with zero attached hydrogens (tertiary/aromatic N) is 2. The van der Waals surface area contributed by atoms with Crippen molar-refractivity contribution < 1.29 is 19.1 Å². The van der Waals surface area contributed by atoms with E-state index >= 15 is 0 Å². The molecular formula is C23H23N3O4. The van der Waals surface area contributed by atoms with Crippen LogP contribution in [0.4, 0.5) is 5.69 Å². The molecule has 1 amide bonds.